The van der Waals surface area contributed by atoms with Crippen LogP contribution < -0.4 is 5.32 Å². The van der Waals surface area contributed by atoms with Gasteiger partial charge in [-0.2, -0.15) is 0 Å². The van der Waals surface area contributed by atoms with Gasteiger partial charge in [0.15, 0.2) is 0 Å². The van der Waals surface area contributed by atoms with Crippen LogP contribution in [-0.2, 0) is 16.1 Å². The van der Waals surface area contributed by atoms with Crippen LogP contribution >= 0.6 is 0 Å². The third kappa shape index (κ3) is 5.57. The van der Waals surface area contributed by atoms with E-state index in [0.717, 1.165) is 5.56 Å². The third-order valence-corrected chi connectivity index (χ3v) is 4.80. The van der Waals surface area contributed by atoms with Crippen molar-refractivity contribution in [1.29, 1.82) is 0 Å². The van der Waals surface area contributed by atoms with E-state index in [1.807, 2.05) is 30.3 Å². The number of hydrogen-bond donors (Lipinski definition) is 3. The number of aliphatic hydroxyl groups excluding tert-OH is 1. The highest BCUT2D eigenvalue weighted by atomic mass is 16.6. The zero-order valence-corrected chi connectivity index (χ0v) is 16.5. The van der Waals surface area contributed by atoms with Crippen molar-refractivity contribution in [3.63, 3.8) is 0 Å². The van der Waals surface area contributed by atoms with Crippen LogP contribution in [-0.4, -0.2) is 81.6 Å². The molecule has 0 bridgehead atoms. The summed E-state index contributed by atoms with van der Waals surface area (Å²) < 4.78 is 5.36. The molecule has 30 heavy (non-hydrogen) atoms. The Morgan fingerprint density at radius 3 is 2.57 bits per heavy atom. The summed E-state index contributed by atoms with van der Waals surface area (Å²) in [6.07, 6.45) is 2.82. The summed E-state index contributed by atoms with van der Waals surface area (Å²) in [5.41, 5.74) is 1.10. The number of carbonyl (C=O) groups is 3. The fourth-order valence-corrected chi connectivity index (χ4v) is 3.15. The van der Waals surface area contributed by atoms with Gasteiger partial charge in [0.25, 0.3) is 5.91 Å². The zero-order valence-electron chi connectivity index (χ0n) is 16.5. The molecule has 1 aliphatic heterocycles. The lowest BCUT2D eigenvalue weighted by Gasteiger charge is -2.25. The van der Waals surface area contributed by atoms with Crippen LogP contribution in [0.15, 0.2) is 42.9 Å². The summed E-state index contributed by atoms with van der Waals surface area (Å²) in [5.74, 6) is -0.925. The highest BCUT2D eigenvalue weighted by Gasteiger charge is 2.29. The molecule has 1 saturated heterocycles. The second-order valence-electron chi connectivity index (χ2n) is 6.88. The number of aliphatic hydroxyl groups is 1. The standard InChI is InChI=1S/C20H25N5O5/c26-12-17(23-18(27)16-11-21-14-22-16)19(28)24-7-4-8-25(10-9-24)20(29)30-13-15-5-2-1-3-6-15/h1-3,5-6,11,14,17,26H,4,7-10,12-13H2,(H,21,22)(H,23,27). The minimum absolute atomic E-state index is 0.186. The Bertz CT molecular complexity index is 843. The van der Waals surface area contributed by atoms with E-state index < -0.39 is 30.6 Å². The smallest absolute Gasteiger partial charge is 0.410 e. The molecule has 3 N–H and O–H groups in total. The molecule has 0 saturated carbocycles. The molecule has 1 aromatic carbocycles. The number of ether oxygens (including phenoxy) is 1. The highest BCUT2D eigenvalue weighted by Crippen LogP contribution is 2.09. The van der Waals surface area contributed by atoms with Gasteiger partial charge in [0, 0.05) is 26.2 Å². The molecule has 10 heteroatoms. The van der Waals surface area contributed by atoms with Gasteiger partial charge in [0.2, 0.25) is 5.91 Å². The van der Waals surface area contributed by atoms with Crippen LogP contribution in [0.4, 0.5) is 4.79 Å². The Morgan fingerprint density at radius 1 is 1.13 bits per heavy atom. The molecule has 3 rings (SSSR count). The molecular formula is C20H25N5O5. The number of hydrogen-bond acceptors (Lipinski definition) is 6. The van der Waals surface area contributed by atoms with Crippen LogP contribution in [0.3, 0.4) is 0 Å². The fraction of sp³-hybridized carbons (Fsp3) is 0.400. The van der Waals surface area contributed by atoms with Gasteiger partial charge in [-0.1, -0.05) is 30.3 Å². The zero-order chi connectivity index (χ0) is 21.3. The van der Waals surface area contributed by atoms with E-state index in [4.69, 9.17) is 4.74 Å². The van der Waals surface area contributed by atoms with Crippen molar-refractivity contribution in [2.24, 2.45) is 0 Å². The van der Waals surface area contributed by atoms with E-state index in [1.165, 1.54) is 12.5 Å². The number of amides is 3. The van der Waals surface area contributed by atoms with Gasteiger partial charge in [0.1, 0.15) is 18.3 Å². The lowest BCUT2D eigenvalue weighted by Crippen LogP contribution is -2.51. The molecule has 1 unspecified atom stereocenters. The highest BCUT2D eigenvalue weighted by molar-refractivity contribution is 5.96. The maximum Gasteiger partial charge on any atom is 0.410 e. The lowest BCUT2D eigenvalue weighted by atomic mass is 10.2. The molecular weight excluding hydrogens is 390 g/mol. The van der Waals surface area contributed by atoms with E-state index in [9.17, 15) is 19.5 Å². The van der Waals surface area contributed by atoms with Crippen molar-refractivity contribution in [3.05, 3.63) is 54.1 Å². The summed E-state index contributed by atoms with van der Waals surface area (Å²) >= 11 is 0. The van der Waals surface area contributed by atoms with Crippen LogP contribution in [0.1, 0.15) is 22.5 Å². The van der Waals surface area contributed by atoms with Crippen molar-refractivity contribution in [2.75, 3.05) is 32.8 Å². The number of imidazole rings is 1. The first-order valence-corrected chi connectivity index (χ1v) is 9.73. The second kappa shape index (κ2) is 10.4. The molecule has 0 radical (unpaired) electrons. The maximum absolute atomic E-state index is 12.8. The largest absolute Gasteiger partial charge is 0.445 e. The van der Waals surface area contributed by atoms with Crippen molar-refractivity contribution in [3.8, 4) is 0 Å². The van der Waals surface area contributed by atoms with Crippen molar-refractivity contribution in [2.45, 2.75) is 19.1 Å². The molecule has 1 fully saturated rings. The van der Waals surface area contributed by atoms with Gasteiger partial charge >= 0.3 is 6.09 Å². The summed E-state index contributed by atoms with van der Waals surface area (Å²) in [6.45, 7) is 1.13. The summed E-state index contributed by atoms with van der Waals surface area (Å²) in [5, 5.41) is 12.1. The van der Waals surface area contributed by atoms with E-state index in [0.29, 0.717) is 26.1 Å². The van der Waals surface area contributed by atoms with E-state index in [2.05, 4.69) is 15.3 Å². The number of H-pyrrole nitrogens is 1. The van der Waals surface area contributed by atoms with Crippen LogP contribution in [0.5, 0.6) is 0 Å². The van der Waals surface area contributed by atoms with Gasteiger partial charge in [-0.3, -0.25) is 9.59 Å². The fourth-order valence-electron chi connectivity index (χ4n) is 3.15. The molecule has 160 valence electrons. The van der Waals surface area contributed by atoms with Crippen molar-refractivity contribution in [1.82, 2.24) is 25.1 Å². The Hall–Kier alpha value is -3.40. The quantitative estimate of drug-likeness (QED) is 0.626. The topological polar surface area (TPSA) is 128 Å². The maximum atomic E-state index is 12.8. The SMILES string of the molecule is O=C(NC(CO)C(=O)N1CCCN(C(=O)OCc2ccccc2)CC1)c1cnc[nH]1. The second-order valence-corrected chi connectivity index (χ2v) is 6.88. The lowest BCUT2D eigenvalue weighted by molar-refractivity contribution is -0.134. The van der Waals surface area contributed by atoms with Gasteiger partial charge in [0.05, 0.1) is 19.1 Å². The molecule has 1 aromatic heterocycles. The van der Waals surface area contributed by atoms with Gasteiger partial charge in [-0.15, -0.1) is 0 Å². The average molecular weight is 415 g/mol. The summed E-state index contributed by atoms with van der Waals surface area (Å²) in [6, 6.07) is 8.33. The molecule has 0 spiro atoms. The molecule has 1 aliphatic rings. The van der Waals surface area contributed by atoms with E-state index in [1.54, 1.807) is 9.80 Å². The molecule has 2 aromatic rings. The number of rotatable bonds is 6. The van der Waals surface area contributed by atoms with Gasteiger partial charge in [-0.05, 0) is 12.0 Å². The van der Waals surface area contributed by atoms with Gasteiger partial charge in [-0.25, -0.2) is 9.78 Å². The minimum Gasteiger partial charge on any atom is -0.445 e. The first-order chi connectivity index (χ1) is 14.6. The van der Waals surface area contributed by atoms with Crippen molar-refractivity contribution < 1.29 is 24.2 Å². The van der Waals surface area contributed by atoms with E-state index >= 15 is 0 Å². The van der Waals surface area contributed by atoms with Crippen LogP contribution in [0, 0.1) is 0 Å². The first-order valence-electron chi connectivity index (χ1n) is 9.73. The number of aromatic amines is 1. The normalized spacial score (nSPS) is 15.2. The molecule has 10 nitrogen and oxygen atoms in total. The number of carbonyl (C=O) groups excluding carboxylic acids is 3. The Morgan fingerprint density at radius 2 is 1.87 bits per heavy atom. The van der Waals surface area contributed by atoms with Crippen LogP contribution in [0.2, 0.25) is 0 Å². The molecule has 1 atom stereocenters. The number of nitrogens with one attached hydrogen (secondary N) is 2. The predicted molar refractivity (Wildman–Crippen MR) is 106 cm³/mol. The van der Waals surface area contributed by atoms with E-state index in [-0.39, 0.29) is 18.8 Å². The average Bonchev–Trinajstić information content (AvgIpc) is 3.21. The Balaban J connectivity index is 1.51. The number of benzene rings is 1. The number of nitrogens with zero attached hydrogens (tertiary/aromatic N) is 3. The Labute approximate surface area is 173 Å². The minimum atomic E-state index is -1.07. The van der Waals surface area contributed by atoms with Crippen molar-refractivity contribution >= 4 is 17.9 Å². The molecule has 3 amide bonds. The summed E-state index contributed by atoms with van der Waals surface area (Å²) in [4.78, 5) is 46.8. The predicted octanol–water partition coefficient (Wildman–Crippen LogP) is 0.372. The van der Waals surface area contributed by atoms with Gasteiger partial charge < -0.3 is 29.9 Å². The molecule has 0 aliphatic carbocycles. The Kier molecular flexibility index (Phi) is 7.39. The van der Waals surface area contributed by atoms with Crippen LogP contribution in [0.25, 0.3) is 0 Å². The monoisotopic (exact) mass is 415 g/mol. The number of aromatic nitrogens is 2. The molecule has 2 heterocycles. The third-order valence-electron chi connectivity index (χ3n) is 4.80. The first kappa shape index (κ1) is 21.3. The summed E-state index contributed by atoms with van der Waals surface area (Å²) in [7, 11) is 0.